The van der Waals surface area contributed by atoms with E-state index in [1.54, 1.807) is 0 Å². The standard InChI is InChI=1S/C28H26N2O6/c31-17-26-25(29-28(36-26)22-9-5-2-6-10-22)19-34-23-13-11-20(12-14-23)18-35-30-24(15-16-27(32)33)21-7-3-1-4-8-21/h1-14,31H,15-19H2,(H,32,33)/b30-24+. The van der Waals surface area contributed by atoms with Crippen molar-refractivity contribution >= 4 is 11.7 Å². The predicted molar refractivity (Wildman–Crippen MR) is 133 cm³/mol. The number of carbonyl (C=O) groups is 1. The van der Waals surface area contributed by atoms with Gasteiger partial charge in [-0.05, 0) is 35.4 Å². The summed E-state index contributed by atoms with van der Waals surface area (Å²) in [5.41, 5.74) is 3.64. The fraction of sp³-hybridized carbons (Fsp3) is 0.179. The minimum atomic E-state index is -0.887. The second-order valence-electron chi connectivity index (χ2n) is 7.92. The average molecular weight is 487 g/mol. The molecule has 0 aliphatic rings. The van der Waals surface area contributed by atoms with Crippen molar-refractivity contribution in [2.24, 2.45) is 5.16 Å². The van der Waals surface area contributed by atoms with Crippen LogP contribution in [0.3, 0.4) is 0 Å². The lowest BCUT2D eigenvalue weighted by molar-refractivity contribution is -0.136. The zero-order valence-electron chi connectivity index (χ0n) is 19.5. The van der Waals surface area contributed by atoms with Gasteiger partial charge in [-0.15, -0.1) is 0 Å². The molecule has 0 fully saturated rings. The lowest BCUT2D eigenvalue weighted by Crippen LogP contribution is -2.06. The number of ether oxygens (including phenoxy) is 1. The minimum absolute atomic E-state index is 0.0283. The Hall–Kier alpha value is -4.43. The van der Waals surface area contributed by atoms with Gasteiger partial charge in [-0.3, -0.25) is 4.79 Å². The summed E-state index contributed by atoms with van der Waals surface area (Å²) in [6.45, 7) is 0.102. The molecular weight excluding hydrogens is 460 g/mol. The van der Waals surface area contributed by atoms with Crippen LogP contribution in [0.15, 0.2) is 94.5 Å². The summed E-state index contributed by atoms with van der Waals surface area (Å²) in [7, 11) is 0. The van der Waals surface area contributed by atoms with Gasteiger partial charge in [0, 0.05) is 12.0 Å². The number of aliphatic carboxylic acids is 1. The van der Waals surface area contributed by atoms with Crippen molar-refractivity contribution in [3.05, 3.63) is 108 Å². The van der Waals surface area contributed by atoms with Crippen LogP contribution >= 0.6 is 0 Å². The molecule has 1 heterocycles. The number of aliphatic hydroxyl groups is 1. The topological polar surface area (TPSA) is 114 Å². The molecule has 0 bridgehead atoms. The zero-order chi connectivity index (χ0) is 25.2. The molecule has 0 aliphatic carbocycles. The molecular formula is C28H26N2O6. The molecule has 3 aromatic carbocycles. The van der Waals surface area contributed by atoms with Crippen LogP contribution in [0.2, 0.25) is 0 Å². The quantitative estimate of drug-likeness (QED) is 0.209. The molecule has 0 radical (unpaired) electrons. The molecule has 4 aromatic rings. The summed E-state index contributed by atoms with van der Waals surface area (Å²) in [6, 6.07) is 26.2. The van der Waals surface area contributed by atoms with Crippen molar-refractivity contribution in [1.82, 2.24) is 4.98 Å². The molecule has 0 unspecified atom stereocenters. The monoisotopic (exact) mass is 486 g/mol. The predicted octanol–water partition coefficient (Wildman–Crippen LogP) is 5.20. The van der Waals surface area contributed by atoms with E-state index in [-0.39, 0.29) is 32.7 Å². The zero-order valence-corrected chi connectivity index (χ0v) is 19.5. The molecule has 1 aromatic heterocycles. The van der Waals surface area contributed by atoms with E-state index in [2.05, 4.69) is 10.1 Å². The van der Waals surface area contributed by atoms with E-state index in [0.29, 0.717) is 28.8 Å². The van der Waals surface area contributed by atoms with Crippen LogP contribution in [-0.4, -0.2) is 26.9 Å². The molecule has 36 heavy (non-hydrogen) atoms. The molecule has 0 saturated carbocycles. The highest BCUT2D eigenvalue weighted by molar-refractivity contribution is 6.01. The van der Waals surface area contributed by atoms with Gasteiger partial charge in [-0.25, -0.2) is 4.98 Å². The molecule has 0 saturated heterocycles. The van der Waals surface area contributed by atoms with Gasteiger partial charge in [0.2, 0.25) is 5.89 Å². The number of nitrogens with zero attached hydrogens (tertiary/aromatic N) is 2. The van der Waals surface area contributed by atoms with E-state index in [9.17, 15) is 9.90 Å². The van der Waals surface area contributed by atoms with Crippen molar-refractivity contribution in [3.63, 3.8) is 0 Å². The molecule has 184 valence electrons. The van der Waals surface area contributed by atoms with Gasteiger partial charge in [0.15, 0.2) is 5.76 Å². The Morgan fingerprint density at radius 1 is 0.889 bits per heavy atom. The summed E-state index contributed by atoms with van der Waals surface area (Å²) < 4.78 is 11.5. The number of rotatable bonds is 12. The van der Waals surface area contributed by atoms with Crippen LogP contribution in [0.25, 0.3) is 11.5 Å². The van der Waals surface area contributed by atoms with Crippen LogP contribution in [0.5, 0.6) is 5.75 Å². The highest BCUT2D eigenvalue weighted by atomic mass is 16.6. The van der Waals surface area contributed by atoms with Crippen molar-refractivity contribution in [1.29, 1.82) is 0 Å². The van der Waals surface area contributed by atoms with Crippen LogP contribution in [0.4, 0.5) is 0 Å². The first-order valence-electron chi connectivity index (χ1n) is 11.4. The summed E-state index contributed by atoms with van der Waals surface area (Å²) in [4.78, 5) is 21.0. The third-order valence-corrected chi connectivity index (χ3v) is 5.33. The molecule has 8 heteroatoms. The lowest BCUT2D eigenvalue weighted by atomic mass is 10.1. The van der Waals surface area contributed by atoms with Crippen molar-refractivity contribution in [2.75, 3.05) is 0 Å². The number of oxime groups is 1. The van der Waals surface area contributed by atoms with Crippen LogP contribution < -0.4 is 4.74 Å². The van der Waals surface area contributed by atoms with Gasteiger partial charge in [-0.1, -0.05) is 65.8 Å². The van der Waals surface area contributed by atoms with E-state index in [4.69, 9.17) is 19.1 Å². The number of hydrogen-bond acceptors (Lipinski definition) is 7. The van der Waals surface area contributed by atoms with E-state index in [0.717, 1.165) is 16.7 Å². The maximum Gasteiger partial charge on any atom is 0.303 e. The first kappa shape index (κ1) is 24.7. The summed E-state index contributed by atoms with van der Waals surface area (Å²) in [5.74, 6) is 0.544. The number of oxazole rings is 1. The van der Waals surface area contributed by atoms with Gasteiger partial charge < -0.3 is 24.2 Å². The maximum atomic E-state index is 11.0. The van der Waals surface area contributed by atoms with Gasteiger partial charge in [0.25, 0.3) is 0 Å². The van der Waals surface area contributed by atoms with Gasteiger partial charge in [0.1, 0.15) is 31.3 Å². The Kier molecular flexibility index (Phi) is 8.45. The second-order valence-corrected chi connectivity index (χ2v) is 7.92. The summed E-state index contributed by atoms with van der Waals surface area (Å²) in [5, 5.41) is 22.8. The highest BCUT2D eigenvalue weighted by Gasteiger charge is 2.14. The van der Waals surface area contributed by atoms with E-state index >= 15 is 0 Å². The van der Waals surface area contributed by atoms with Crippen LogP contribution in [0, 0.1) is 0 Å². The van der Waals surface area contributed by atoms with Crippen LogP contribution in [-0.2, 0) is 29.5 Å². The van der Waals surface area contributed by atoms with Gasteiger partial charge >= 0.3 is 5.97 Å². The number of hydrogen-bond donors (Lipinski definition) is 2. The largest absolute Gasteiger partial charge is 0.487 e. The molecule has 8 nitrogen and oxygen atoms in total. The number of aliphatic hydroxyl groups excluding tert-OH is 1. The Morgan fingerprint density at radius 3 is 2.25 bits per heavy atom. The smallest absolute Gasteiger partial charge is 0.303 e. The minimum Gasteiger partial charge on any atom is -0.487 e. The molecule has 0 aliphatic heterocycles. The summed E-state index contributed by atoms with van der Waals surface area (Å²) >= 11 is 0. The Bertz CT molecular complexity index is 1280. The third-order valence-electron chi connectivity index (χ3n) is 5.33. The van der Waals surface area contributed by atoms with E-state index in [1.165, 1.54) is 0 Å². The fourth-order valence-corrected chi connectivity index (χ4v) is 3.44. The lowest BCUT2D eigenvalue weighted by Gasteiger charge is -2.08. The normalized spacial score (nSPS) is 11.3. The first-order chi connectivity index (χ1) is 17.6. The molecule has 4 rings (SSSR count). The molecule has 0 amide bonds. The Morgan fingerprint density at radius 2 is 1.58 bits per heavy atom. The van der Waals surface area contributed by atoms with Gasteiger partial charge in [-0.2, -0.15) is 0 Å². The van der Waals surface area contributed by atoms with E-state index in [1.807, 2.05) is 84.9 Å². The maximum absolute atomic E-state index is 11.0. The molecule has 0 atom stereocenters. The Balaban J connectivity index is 1.34. The number of benzene rings is 3. The summed E-state index contributed by atoms with van der Waals surface area (Å²) in [6.07, 6.45) is 0.246. The average Bonchev–Trinajstić information content (AvgIpc) is 3.34. The number of carboxylic acids is 1. The van der Waals surface area contributed by atoms with Crippen molar-refractivity contribution in [3.8, 4) is 17.2 Å². The van der Waals surface area contributed by atoms with Gasteiger partial charge in [0.05, 0.1) is 12.1 Å². The van der Waals surface area contributed by atoms with Crippen molar-refractivity contribution < 1.29 is 29.0 Å². The van der Waals surface area contributed by atoms with Crippen LogP contribution in [0.1, 0.15) is 35.4 Å². The van der Waals surface area contributed by atoms with Crippen molar-refractivity contribution in [2.45, 2.75) is 32.7 Å². The number of aromatic nitrogens is 1. The van der Waals surface area contributed by atoms with E-state index < -0.39 is 5.97 Å². The molecule has 0 spiro atoms. The first-order valence-corrected chi connectivity index (χ1v) is 11.4. The number of carboxylic acid groups (broad SMARTS) is 1. The fourth-order valence-electron chi connectivity index (χ4n) is 3.44. The third kappa shape index (κ3) is 6.80. The Labute approximate surface area is 208 Å². The SMILES string of the molecule is O=C(O)CC/C(=N\OCc1ccc(OCc2nc(-c3ccccc3)oc2CO)cc1)c1ccccc1. The highest BCUT2D eigenvalue weighted by Crippen LogP contribution is 2.23. The molecule has 2 N–H and O–H groups in total. The second kappa shape index (κ2) is 12.3.